The van der Waals surface area contributed by atoms with Gasteiger partial charge in [-0.05, 0) is 26.2 Å². The summed E-state index contributed by atoms with van der Waals surface area (Å²) >= 11 is 0. The first kappa shape index (κ1) is 14.8. The maximum atomic E-state index is 12.2. The quantitative estimate of drug-likeness (QED) is 0.863. The molecule has 1 aromatic rings. The van der Waals surface area contributed by atoms with Crippen LogP contribution >= 0.6 is 0 Å². The molecule has 5 nitrogen and oxygen atoms in total. The third kappa shape index (κ3) is 3.08. The minimum absolute atomic E-state index is 0.161. The van der Waals surface area contributed by atoms with E-state index in [1.54, 1.807) is 6.33 Å². The van der Waals surface area contributed by atoms with Crippen LogP contribution in [-0.2, 0) is 17.6 Å². The van der Waals surface area contributed by atoms with Gasteiger partial charge in [0.2, 0.25) is 5.91 Å². The summed E-state index contributed by atoms with van der Waals surface area (Å²) in [4.78, 5) is 22.7. The fourth-order valence-corrected chi connectivity index (χ4v) is 2.47. The van der Waals surface area contributed by atoms with Crippen molar-refractivity contribution in [2.75, 3.05) is 18.4 Å². The van der Waals surface area contributed by atoms with Crippen LogP contribution in [-0.4, -0.2) is 39.9 Å². The Bertz CT molecular complexity index is 471. The summed E-state index contributed by atoms with van der Waals surface area (Å²) < 4.78 is 0. The lowest BCUT2D eigenvalue weighted by Crippen LogP contribution is -2.48. The van der Waals surface area contributed by atoms with E-state index in [1.165, 1.54) is 0 Å². The summed E-state index contributed by atoms with van der Waals surface area (Å²) in [5, 5.41) is 3.27. The normalized spacial score (nSPS) is 15.7. The molecule has 2 heterocycles. The van der Waals surface area contributed by atoms with Crippen molar-refractivity contribution in [1.29, 1.82) is 0 Å². The second kappa shape index (κ2) is 6.68. The van der Waals surface area contributed by atoms with E-state index >= 15 is 0 Å². The minimum atomic E-state index is -0.232. The van der Waals surface area contributed by atoms with Crippen LogP contribution in [0.3, 0.4) is 0 Å². The molecule has 0 aliphatic carbocycles. The van der Waals surface area contributed by atoms with Crippen molar-refractivity contribution < 1.29 is 4.79 Å². The van der Waals surface area contributed by atoms with Crippen molar-refractivity contribution >= 4 is 11.7 Å². The molecule has 110 valence electrons. The van der Waals surface area contributed by atoms with Gasteiger partial charge in [0.15, 0.2) is 0 Å². The lowest BCUT2D eigenvalue weighted by atomic mass is 10.1. The Morgan fingerprint density at radius 3 is 2.70 bits per heavy atom. The van der Waals surface area contributed by atoms with E-state index in [4.69, 9.17) is 0 Å². The highest BCUT2D eigenvalue weighted by atomic mass is 16.2. The van der Waals surface area contributed by atoms with E-state index < -0.39 is 0 Å². The average Bonchev–Trinajstić information content (AvgIpc) is 2.37. The second-order valence-corrected chi connectivity index (χ2v) is 5.30. The highest BCUT2D eigenvalue weighted by molar-refractivity contribution is 5.84. The van der Waals surface area contributed by atoms with E-state index in [9.17, 15) is 4.79 Å². The van der Waals surface area contributed by atoms with Gasteiger partial charge in [-0.15, -0.1) is 0 Å². The van der Waals surface area contributed by atoms with Gasteiger partial charge < -0.3 is 10.2 Å². The van der Waals surface area contributed by atoms with Crippen LogP contribution in [0.15, 0.2) is 6.33 Å². The molecule has 1 fully saturated rings. The van der Waals surface area contributed by atoms with Crippen molar-refractivity contribution in [3.63, 3.8) is 0 Å². The van der Waals surface area contributed by atoms with Gasteiger partial charge in [-0.1, -0.05) is 20.3 Å². The predicted molar refractivity (Wildman–Crippen MR) is 79.7 cm³/mol. The maximum Gasteiger partial charge on any atom is 0.244 e. The molecule has 20 heavy (non-hydrogen) atoms. The second-order valence-electron chi connectivity index (χ2n) is 5.30. The van der Waals surface area contributed by atoms with Gasteiger partial charge in [0.25, 0.3) is 0 Å². The third-order valence-electron chi connectivity index (χ3n) is 3.77. The summed E-state index contributed by atoms with van der Waals surface area (Å²) in [5.74, 6) is 0.973. The van der Waals surface area contributed by atoms with Gasteiger partial charge in [-0.3, -0.25) is 4.79 Å². The molecule has 1 amide bonds. The number of likely N-dealkylation sites (tertiary alicyclic amines) is 1. The van der Waals surface area contributed by atoms with Crippen molar-refractivity contribution in [3.05, 3.63) is 17.6 Å². The molecule has 1 aromatic heterocycles. The molecule has 1 saturated heterocycles. The van der Waals surface area contributed by atoms with Crippen LogP contribution in [0.4, 0.5) is 5.82 Å². The summed E-state index contributed by atoms with van der Waals surface area (Å²) in [6.07, 6.45) is 5.60. The molecule has 0 unspecified atom stereocenters. The van der Waals surface area contributed by atoms with E-state index in [1.807, 2.05) is 11.8 Å². The SMILES string of the molecule is CCCc1ncnc(N[C@H](C)C(=O)N2CCC2)c1CC. The fourth-order valence-electron chi connectivity index (χ4n) is 2.47. The van der Waals surface area contributed by atoms with Crippen molar-refractivity contribution in [3.8, 4) is 0 Å². The van der Waals surface area contributed by atoms with Gasteiger partial charge in [0.1, 0.15) is 18.2 Å². The van der Waals surface area contributed by atoms with Crippen LogP contribution < -0.4 is 5.32 Å². The fraction of sp³-hybridized carbons (Fsp3) is 0.667. The van der Waals surface area contributed by atoms with Crippen molar-refractivity contribution in [2.24, 2.45) is 0 Å². The van der Waals surface area contributed by atoms with Gasteiger partial charge >= 0.3 is 0 Å². The number of hydrogen-bond acceptors (Lipinski definition) is 4. The molecule has 0 spiro atoms. The zero-order chi connectivity index (χ0) is 14.5. The van der Waals surface area contributed by atoms with Crippen LogP contribution in [0.25, 0.3) is 0 Å². The molecule has 0 saturated carbocycles. The summed E-state index contributed by atoms with van der Waals surface area (Å²) in [6, 6.07) is -0.232. The average molecular weight is 276 g/mol. The van der Waals surface area contributed by atoms with Gasteiger partial charge in [-0.25, -0.2) is 9.97 Å². The Hall–Kier alpha value is -1.65. The Kier molecular flexibility index (Phi) is 4.93. The van der Waals surface area contributed by atoms with E-state index in [0.717, 1.165) is 55.8 Å². The number of amides is 1. The summed E-state index contributed by atoms with van der Waals surface area (Å²) in [7, 11) is 0. The number of nitrogens with one attached hydrogen (secondary N) is 1. The first-order valence-electron chi connectivity index (χ1n) is 7.55. The lowest BCUT2D eigenvalue weighted by molar-refractivity contribution is -0.135. The first-order chi connectivity index (χ1) is 9.67. The number of hydrogen-bond donors (Lipinski definition) is 1. The molecule has 5 heteroatoms. The molecule has 0 aromatic carbocycles. The Morgan fingerprint density at radius 2 is 2.15 bits per heavy atom. The lowest BCUT2D eigenvalue weighted by Gasteiger charge is -2.33. The Balaban J connectivity index is 2.11. The summed E-state index contributed by atoms with van der Waals surface area (Å²) in [5.41, 5.74) is 2.23. The molecular weight excluding hydrogens is 252 g/mol. The molecular formula is C15H24N4O. The highest BCUT2D eigenvalue weighted by Gasteiger charge is 2.25. The van der Waals surface area contributed by atoms with E-state index in [0.29, 0.717) is 0 Å². The van der Waals surface area contributed by atoms with Crippen molar-refractivity contribution in [1.82, 2.24) is 14.9 Å². The van der Waals surface area contributed by atoms with Crippen molar-refractivity contribution in [2.45, 2.75) is 52.5 Å². The number of carbonyl (C=O) groups excluding carboxylic acids is 1. The summed E-state index contributed by atoms with van der Waals surface area (Å²) in [6.45, 7) is 7.92. The third-order valence-corrected chi connectivity index (χ3v) is 3.77. The maximum absolute atomic E-state index is 12.2. The van der Waals surface area contributed by atoms with Crippen LogP contribution in [0.5, 0.6) is 0 Å². The number of aryl methyl sites for hydroxylation is 1. The smallest absolute Gasteiger partial charge is 0.244 e. The minimum Gasteiger partial charge on any atom is -0.358 e. The monoisotopic (exact) mass is 276 g/mol. The molecule has 1 aliphatic heterocycles. The van der Waals surface area contributed by atoms with Gasteiger partial charge in [0.05, 0.1) is 0 Å². The Morgan fingerprint density at radius 1 is 1.40 bits per heavy atom. The Labute approximate surface area is 120 Å². The molecule has 2 rings (SSSR count). The number of nitrogens with zero attached hydrogens (tertiary/aromatic N) is 3. The standard InChI is InChI=1S/C15H24N4O/c1-4-7-13-12(5-2)14(17-10-16-13)18-11(3)15(20)19-8-6-9-19/h10-11H,4-9H2,1-3H3,(H,16,17,18)/t11-/m1/s1. The van der Waals surface area contributed by atoms with Crippen LogP contribution in [0, 0.1) is 0 Å². The highest BCUT2D eigenvalue weighted by Crippen LogP contribution is 2.19. The van der Waals surface area contributed by atoms with E-state index in [-0.39, 0.29) is 11.9 Å². The van der Waals surface area contributed by atoms with E-state index in [2.05, 4.69) is 29.1 Å². The van der Waals surface area contributed by atoms with Crippen LogP contribution in [0.1, 0.15) is 44.9 Å². The zero-order valence-electron chi connectivity index (χ0n) is 12.6. The topological polar surface area (TPSA) is 58.1 Å². The van der Waals surface area contributed by atoms with Crippen LogP contribution in [0.2, 0.25) is 0 Å². The molecule has 0 radical (unpaired) electrons. The largest absolute Gasteiger partial charge is 0.358 e. The number of carbonyl (C=O) groups is 1. The first-order valence-corrected chi connectivity index (χ1v) is 7.55. The number of rotatable bonds is 6. The molecule has 0 bridgehead atoms. The molecule has 1 atom stereocenters. The zero-order valence-corrected chi connectivity index (χ0v) is 12.6. The van der Waals surface area contributed by atoms with Gasteiger partial charge in [0, 0.05) is 24.3 Å². The van der Waals surface area contributed by atoms with Gasteiger partial charge in [-0.2, -0.15) is 0 Å². The number of anilines is 1. The molecule has 1 N–H and O–H groups in total. The predicted octanol–water partition coefficient (Wildman–Crippen LogP) is 2.02. The number of aromatic nitrogens is 2. The molecule has 1 aliphatic rings.